The molecular formula is C18H12BrF3N6OS. The molecule has 0 saturated carbocycles. The first-order valence-electron chi connectivity index (χ1n) is 8.51. The Morgan fingerprint density at radius 1 is 1.07 bits per heavy atom. The SMILES string of the molecule is FC(F)(F)Cn1c(SCc2nc(-c3cccc(Br)c3)no2)nnc1-c1ccncc1. The first-order valence-corrected chi connectivity index (χ1v) is 10.3. The number of hydrogen-bond donors (Lipinski definition) is 0. The Morgan fingerprint density at radius 2 is 1.87 bits per heavy atom. The smallest absolute Gasteiger partial charge is 0.338 e. The highest BCUT2D eigenvalue weighted by molar-refractivity contribution is 9.10. The molecule has 0 bridgehead atoms. The molecule has 0 atom stereocenters. The van der Waals surface area contributed by atoms with Crippen LogP contribution in [-0.2, 0) is 12.3 Å². The maximum atomic E-state index is 13.1. The van der Waals surface area contributed by atoms with Crippen LogP contribution >= 0.6 is 27.7 Å². The molecule has 3 aromatic heterocycles. The van der Waals surface area contributed by atoms with Crippen LogP contribution < -0.4 is 0 Å². The van der Waals surface area contributed by atoms with Gasteiger partial charge in [0, 0.05) is 28.0 Å². The van der Waals surface area contributed by atoms with Crippen LogP contribution in [0.2, 0.25) is 0 Å². The van der Waals surface area contributed by atoms with E-state index in [4.69, 9.17) is 4.52 Å². The molecule has 12 heteroatoms. The molecule has 0 aliphatic carbocycles. The molecule has 0 N–H and O–H groups in total. The number of nitrogens with zero attached hydrogens (tertiary/aromatic N) is 6. The third-order valence-electron chi connectivity index (χ3n) is 3.87. The van der Waals surface area contributed by atoms with Crippen LogP contribution in [0.25, 0.3) is 22.8 Å². The van der Waals surface area contributed by atoms with Crippen LogP contribution in [0.1, 0.15) is 5.89 Å². The molecule has 7 nitrogen and oxygen atoms in total. The Morgan fingerprint density at radius 3 is 2.60 bits per heavy atom. The van der Waals surface area contributed by atoms with Gasteiger partial charge in [-0.3, -0.25) is 9.55 Å². The number of alkyl halides is 3. The minimum atomic E-state index is -4.43. The van der Waals surface area contributed by atoms with Crippen molar-refractivity contribution in [2.45, 2.75) is 23.6 Å². The average Bonchev–Trinajstić information content (AvgIpc) is 3.33. The van der Waals surface area contributed by atoms with Gasteiger partial charge in [-0.15, -0.1) is 10.2 Å². The molecule has 154 valence electrons. The molecule has 0 spiro atoms. The van der Waals surface area contributed by atoms with Crippen molar-refractivity contribution in [2.75, 3.05) is 0 Å². The van der Waals surface area contributed by atoms with Gasteiger partial charge in [-0.05, 0) is 24.3 Å². The normalized spacial score (nSPS) is 11.7. The summed E-state index contributed by atoms with van der Waals surface area (Å²) in [6, 6.07) is 10.5. The maximum absolute atomic E-state index is 13.1. The molecule has 0 fully saturated rings. The predicted octanol–water partition coefficient (Wildman–Crippen LogP) is 5.01. The average molecular weight is 497 g/mol. The van der Waals surface area contributed by atoms with Gasteiger partial charge in [-0.25, -0.2) is 0 Å². The summed E-state index contributed by atoms with van der Waals surface area (Å²) in [6.45, 7) is -1.22. The minimum absolute atomic E-state index is 0.0985. The summed E-state index contributed by atoms with van der Waals surface area (Å²) in [5, 5.41) is 11.9. The van der Waals surface area contributed by atoms with Crippen LogP contribution in [0.3, 0.4) is 0 Å². The summed E-state index contributed by atoms with van der Waals surface area (Å²) in [7, 11) is 0. The quantitative estimate of drug-likeness (QED) is 0.347. The lowest BCUT2D eigenvalue weighted by Gasteiger charge is -2.12. The highest BCUT2D eigenvalue weighted by atomic mass is 79.9. The second-order valence-corrected chi connectivity index (χ2v) is 7.91. The predicted molar refractivity (Wildman–Crippen MR) is 106 cm³/mol. The van der Waals surface area contributed by atoms with E-state index in [2.05, 4.69) is 41.3 Å². The Hall–Kier alpha value is -2.73. The van der Waals surface area contributed by atoms with Gasteiger partial charge in [0.1, 0.15) is 6.54 Å². The van der Waals surface area contributed by atoms with Crippen molar-refractivity contribution in [2.24, 2.45) is 0 Å². The third-order valence-corrected chi connectivity index (χ3v) is 5.31. The van der Waals surface area contributed by atoms with Gasteiger partial charge in [0.15, 0.2) is 11.0 Å². The van der Waals surface area contributed by atoms with E-state index >= 15 is 0 Å². The Bertz CT molecular complexity index is 1150. The van der Waals surface area contributed by atoms with Gasteiger partial charge < -0.3 is 4.52 Å². The molecule has 4 rings (SSSR count). The van der Waals surface area contributed by atoms with Gasteiger partial charge in [-0.2, -0.15) is 18.2 Å². The van der Waals surface area contributed by atoms with Crippen LogP contribution in [0, 0.1) is 0 Å². The summed E-state index contributed by atoms with van der Waals surface area (Å²) in [6.07, 6.45) is -1.47. The summed E-state index contributed by atoms with van der Waals surface area (Å²) in [5.41, 5.74) is 1.24. The van der Waals surface area contributed by atoms with Gasteiger partial charge >= 0.3 is 6.18 Å². The van der Waals surface area contributed by atoms with Crippen molar-refractivity contribution >= 4 is 27.7 Å². The summed E-state index contributed by atoms with van der Waals surface area (Å²) in [5.74, 6) is 0.911. The van der Waals surface area contributed by atoms with Crippen molar-refractivity contribution in [1.82, 2.24) is 29.9 Å². The highest BCUT2D eigenvalue weighted by Crippen LogP contribution is 2.30. The van der Waals surface area contributed by atoms with E-state index in [0.717, 1.165) is 26.4 Å². The first-order chi connectivity index (χ1) is 14.4. The number of aromatic nitrogens is 6. The molecule has 3 heterocycles. The standard InChI is InChI=1S/C18H12BrF3N6OS/c19-13-3-1-2-12(8-13)15-24-14(29-27-15)9-30-17-26-25-16(11-4-6-23-7-5-11)28(17)10-18(20,21)22/h1-8H,9-10H2. The van der Waals surface area contributed by atoms with E-state index in [1.54, 1.807) is 12.1 Å². The molecule has 0 unspecified atom stereocenters. The number of halogens is 4. The molecule has 4 aromatic rings. The van der Waals surface area contributed by atoms with Crippen LogP contribution in [0.5, 0.6) is 0 Å². The minimum Gasteiger partial charge on any atom is -0.338 e. The zero-order valence-corrected chi connectivity index (χ0v) is 17.4. The van der Waals surface area contributed by atoms with Gasteiger partial charge in [0.2, 0.25) is 11.7 Å². The van der Waals surface area contributed by atoms with Crippen molar-refractivity contribution < 1.29 is 17.7 Å². The van der Waals surface area contributed by atoms with Crippen molar-refractivity contribution in [3.05, 3.63) is 59.2 Å². The van der Waals surface area contributed by atoms with Crippen LogP contribution in [0.15, 0.2) is 62.9 Å². The van der Waals surface area contributed by atoms with Crippen molar-refractivity contribution in [1.29, 1.82) is 0 Å². The lowest BCUT2D eigenvalue weighted by molar-refractivity contribution is -0.141. The number of thioether (sulfide) groups is 1. The van der Waals surface area contributed by atoms with Gasteiger partial charge in [0.05, 0.1) is 5.75 Å². The monoisotopic (exact) mass is 496 g/mol. The fraction of sp³-hybridized carbons (Fsp3) is 0.167. The van der Waals surface area contributed by atoms with Crippen molar-refractivity contribution in [3.8, 4) is 22.8 Å². The van der Waals surface area contributed by atoms with E-state index in [9.17, 15) is 13.2 Å². The second-order valence-electron chi connectivity index (χ2n) is 6.05. The number of hydrogen-bond acceptors (Lipinski definition) is 7. The van der Waals surface area contributed by atoms with E-state index in [0.29, 0.717) is 11.4 Å². The number of pyridine rings is 1. The fourth-order valence-corrected chi connectivity index (χ4v) is 3.79. The molecule has 0 aliphatic rings. The van der Waals surface area contributed by atoms with Crippen LogP contribution in [-0.4, -0.2) is 36.1 Å². The zero-order valence-electron chi connectivity index (χ0n) is 15.0. The highest BCUT2D eigenvalue weighted by Gasteiger charge is 2.31. The molecule has 0 saturated heterocycles. The summed E-state index contributed by atoms with van der Waals surface area (Å²) in [4.78, 5) is 8.17. The van der Waals surface area contributed by atoms with Gasteiger partial charge in [-0.1, -0.05) is 45.0 Å². The maximum Gasteiger partial charge on any atom is 0.406 e. The lowest BCUT2D eigenvalue weighted by atomic mass is 10.2. The topological polar surface area (TPSA) is 82.5 Å². The fourth-order valence-electron chi connectivity index (χ4n) is 2.62. The third kappa shape index (κ3) is 4.87. The van der Waals surface area contributed by atoms with Crippen LogP contribution in [0.4, 0.5) is 13.2 Å². The molecule has 30 heavy (non-hydrogen) atoms. The molecular weight excluding hydrogens is 485 g/mol. The zero-order chi connectivity index (χ0) is 21.1. The van der Waals surface area contributed by atoms with Crippen molar-refractivity contribution in [3.63, 3.8) is 0 Å². The number of rotatable bonds is 6. The second kappa shape index (κ2) is 8.56. The van der Waals surface area contributed by atoms with E-state index in [1.165, 1.54) is 12.4 Å². The summed E-state index contributed by atoms with van der Waals surface area (Å²) < 4.78 is 46.5. The lowest BCUT2D eigenvalue weighted by Crippen LogP contribution is -2.19. The number of benzene rings is 1. The van der Waals surface area contributed by atoms with Gasteiger partial charge in [0.25, 0.3) is 0 Å². The molecule has 0 aliphatic heterocycles. The van der Waals surface area contributed by atoms with E-state index in [1.807, 2.05) is 24.3 Å². The molecule has 0 amide bonds. The Kier molecular flexibility index (Phi) is 5.86. The Labute approximate surface area is 180 Å². The molecule has 1 aromatic carbocycles. The summed E-state index contributed by atoms with van der Waals surface area (Å²) >= 11 is 4.41. The first kappa shape index (κ1) is 20.5. The largest absolute Gasteiger partial charge is 0.406 e. The van der Waals surface area contributed by atoms with E-state index < -0.39 is 12.7 Å². The van der Waals surface area contributed by atoms with E-state index in [-0.39, 0.29) is 22.6 Å². The molecule has 0 radical (unpaired) electrons. The Balaban J connectivity index is 1.56.